The number of nitrogens with two attached hydrogens (primary N) is 1. The average molecular weight is 240 g/mol. The molecular formula is C7H11Cl2N3S. The Balaban J connectivity index is 2.61. The highest BCUT2D eigenvalue weighted by Crippen LogP contribution is 2.32. The Morgan fingerprint density at radius 3 is 3.00 bits per heavy atom. The van der Waals surface area contributed by atoms with Crippen LogP contribution in [0.1, 0.15) is 13.3 Å². The smallest absolute Gasteiger partial charge is 0.256 e. The summed E-state index contributed by atoms with van der Waals surface area (Å²) in [7, 11) is 0. The van der Waals surface area contributed by atoms with Crippen LogP contribution in [0.4, 0.5) is 0 Å². The maximum absolute atomic E-state index is 6.09. The van der Waals surface area contributed by atoms with E-state index in [1.165, 1.54) is 18.0 Å². The molecule has 0 aromatic rings. The molecule has 0 spiro atoms. The van der Waals surface area contributed by atoms with Crippen LogP contribution >= 0.6 is 35.0 Å². The van der Waals surface area contributed by atoms with Crippen LogP contribution in [0, 0.1) is 0 Å². The van der Waals surface area contributed by atoms with E-state index in [1.54, 1.807) is 0 Å². The first-order chi connectivity index (χ1) is 6.07. The van der Waals surface area contributed by atoms with Gasteiger partial charge in [-0.3, -0.25) is 0 Å². The summed E-state index contributed by atoms with van der Waals surface area (Å²) in [5.41, 5.74) is 5.91. The zero-order chi connectivity index (χ0) is 9.90. The topological polar surface area (TPSA) is 50.4 Å². The molecule has 1 rings (SSSR count). The molecule has 13 heavy (non-hydrogen) atoms. The standard InChI is InChI=1S/C7H11Cl2N3S/c1-2-3-13-7(9)11-4-5(10)6(8)12-7/h4,12H,2-3,10H2,1H3. The van der Waals surface area contributed by atoms with Gasteiger partial charge in [0.2, 0.25) is 0 Å². The first kappa shape index (κ1) is 11.0. The van der Waals surface area contributed by atoms with Crippen molar-refractivity contribution < 1.29 is 0 Å². The minimum atomic E-state index is -0.879. The van der Waals surface area contributed by atoms with E-state index in [1.807, 2.05) is 0 Å². The van der Waals surface area contributed by atoms with Gasteiger partial charge in [0, 0.05) is 0 Å². The lowest BCUT2D eigenvalue weighted by molar-refractivity contribution is 0.724. The van der Waals surface area contributed by atoms with Crippen molar-refractivity contribution in [3.8, 4) is 0 Å². The number of aliphatic imine (C=N–C) groups is 1. The molecule has 1 aliphatic heterocycles. The highest BCUT2D eigenvalue weighted by molar-refractivity contribution is 8.01. The van der Waals surface area contributed by atoms with Crippen LogP contribution in [0.2, 0.25) is 0 Å². The summed E-state index contributed by atoms with van der Waals surface area (Å²) in [6, 6.07) is 0. The molecule has 0 saturated heterocycles. The molecule has 0 saturated carbocycles. The second-order valence-electron chi connectivity index (χ2n) is 2.56. The van der Waals surface area contributed by atoms with Crippen LogP contribution in [-0.4, -0.2) is 16.4 Å². The van der Waals surface area contributed by atoms with E-state index < -0.39 is 4.45 Å². The van der Waals surface area contributed by atoms with Crippen LogP contribution in [-0.2, 0) is 0 Å². The summed E-state index contributed by atoms with van der Waals surface area (Å²) in [6.07, 6.45) is 2.52. The molecule has 0 aromatic carbocycles. The van der Waals surface area contributed by atoms with Crippen LogP contribution in [0.3, 0.4) is 0 Å². The second-order valence-corrected chi connectivity index (χ2v) is 5.00. The maximum atomic E-state index is 6.09. The van der Waals surface area contributed by atoms with Gasteiger partial charge in [0.25, 0.3) is 4.45 Å². The number of halogens is 2. The lowest BCUT2D eigenvalue weighted by Gasteiger charge is -2.26. The summed E-state index contributed by atoms with van der Waals surface area (Å²) >= 11 is 13.4. The number of nitrogens with one attached hydrogen (secondary N) is 1. The van der Waals surface area contributed by atoms with Gasteiger partial charge in [-0.15, -0.1) is 0 Å². The molecule has 6 heteroatoms. The van der Waals surface area contributed by atoms with Crippen LogP contribution in [0.25, 0.3) is 0 Å². The summed E-state index contributed by atoms with van der Waals surface area (Å²) in [5, 5.41) is 3.18. The number of alkyl halides is 1. The SMILES string of the molecule is CCCSC1(Cl)N=CC(N)=C(Cl)N1. The normalized spacial score (nSPS) is 27.6. The van der Waals surface area contributed by atoms with E-state index in [-0.39, 0.29) is 0 Å². The molecule has 0 aromatic heterocycles. The van der Waals surface area contributed by atoms with Gasteiger partial charge in [0.1, 0.15) is 5.16 Å². The van der Waals surface area contributed by atoms with Gasteiger partial charge in [-0.25, -0.2) is 4.99 Å². The molecule has 3 nitrogen and oxygen atoms in total. The van der Waals surface area contributed by atoms with Crippen LogP contribution in [0.15, 0.2) is 15.8 Å². The zero-order valence-electron chi connectivity index (χ0n) is 7.18. The van der Waals surface area contributed by atoms with E-state index in [4.69, 9.17) is 28.9 Å². The van der Waals surface area contributed by atoms with E-state index in [0.717, 1.165) is 12.2 Å². The van der Waals surface area contributed by atoms with E-state index in [0.29, 0.717) is 10.9 Å². The van der Waals surface area contributed by atoms with Crippen LogP contribution in [0.5, 0.6) is 0 Å². The minimum Gasteiger partial charge on any atom is -0.395 e. The summed E-state index contributed by atoms with van der Waals surface area (Å²) in [6.45, 7) is 2.07. The Bertz CT molecular complexity index is 254. The van der Waals surface area contributed by atoms with E-state index in [9.17, 15) is 0 Å². The molecule has 1 unspecified atom stereocenters. The Hall–Kier alpha value is -0.0600. The molecule has 0 bridgehead atoms. The average Bonchev–Trinajstić information content (AvgIpc) is 2.09. The molecule has 1 aliphatic rings. The fourth-order valence-corrected chi connectivity index (χ4v) is 2.20. The lowest BCUT2D eigenvalue weighted by atomic mass is 10.5. The van der Waals surface area contributed by atoms with Crippen molar-refractivity contribution in [2.75, 3.05) is 5.75 Å². The quantitative estimate of drug-likeness (QED) is 0.586. The predicted molar refractivity (Wildman–Crippen MR) is 60.0 cm³/mol. The minimum absolute atomic E-state index is 0.355. The molecular weight excluding hydrogens is 229 g/mol. The maximum Gasteiger partial charge on any atom is 0.256 e. The molecule has 1 atom stereocenters. The van der Waals surface area contributed by atoms with E-state index in [2.05, 4.69) is 17.2 Å². The largest absolute Gasteiger partial charge is 0.395 e. The second kappa shape index (κ2) is 4.44. The van der Waals surface area contributed by atoms with Gasteiger partial charge in [0.15, 0.2) is 0 Å². The van der Waals surface area contributed by atoms with Gasteiger partial charge in [-0.05, 0) is 12.2 Å². The molecule has 0 fully saturated rings. The number of hydrogen-bond donors (Lipinski definition) is 2. The third-order valence-corrected chi connectivity index (χ3v) is 3.42. The highest BCUT2D eigenvalue weighted by Gasteiger charge is 2.29. The number of thioether (sulfide) groups is 1. The number of rotatable bonds is 3. The first-order valence-corrected chi connectivity index (χ1v) is 5.63. The highest BCUT2D eigenvalue weighted by atomic mass is 35.5. The summed E-state index contributed by atoms with van der Waals surface area (Å²) in [4.78, 5) is 4.06. The van der Waals surface area contributed by atoms with Gasteiger partial charge in [-0.2, -0.15) is 0 Å². The molecule has 3 N–H and O–H groups in total. The zero-order valence-corrected chi connectivity index (χ0v) is 9.51. The van der Waals surface area contributed by atoms with Crippen molar-refractivity contribution in [1.29, 1.82) is 0 Å². The third kappa shape index (κ3) is 2.97. The number of hydrogen-bond acceptors (Lipinski definition) is 4. The van der Waals surface area contributed by atoms with Crippen molar-refractivity contribution in [2.45, 2.75) is 17.8 Å². The molecule has 74 valence electrons. The molecule has 0 aliphatic carbocycles. The monoisotopic (exact) mass is 239 g/mol. The van der Waals surface area contributed by atoms with Gasteiger partial charge < -0.3 is 11.1 Å². The van der Waals surface area contributed by atoms with Gasteiger partial charge in [-0.1, -0.05) is 41.9 Å². The Morgan fingerprint density at radius 2 is 2.46 bits per heavy atom. The summed E-state index contributed by atoms with van der Waals surface area (Å²) in [5.74, 6) is 0.915. The van der Waals surface area contributed by atoms with Crippen molar-refractivity contribution in [2.24, 2.45) is 10.7 Å². The number of nitrogens with zero attached hydrogens (tertiary/aromatic N) is 1. The lowest BCUT2D eigenvalue weighted by Crippen LogP contribution is -2.37. The number of allylic oxidation sites excluding steroid dienone is 1. The van der Waals surface area contributed by atoms with Crippen molar-refractivity contribution >= 4 is 41.2 Å². The van der Waals surface area contributed by atoms with Crippen molar-refractivity contribution in [1.82, 2.24) is 5.32 Å². The van der Waals surface area contributed by atoms with Crippen molar-refractivity contribution in [3.05, 3.63) is 10.9 Å². The Morgan fingerprint density at radius 1 is 1.77 bits per heavy atom. The predicted octanol–water partition coefficient (Wildman–Crippen LogP) is 2.02. The van der Waals surface area contributed by atoms with Gasteiger partial charge in [0.05, 0.1) is 11.9 Å². The summed E-state index contributed by atoms with van der Waals surface area (Å²) < 4.78 is -0.879. The Labute approximate surface area is 91.7 Å². The third-order valence-electron chi connectivity index (χ3n) is 1.38. The fourth-order valence-electron chi connectivity index (χ4n) is 0.760. The fraction of sp³-hybridized carbons (Fsp3) is 0.571. The molecule has 0 radical (unpaired) electrons. The van der Waals surface area contributed by atoms with E-state index >= 15 is 0 Å². The Kier molecular flexibility index (Phi) is 3.76. The molecule has 1 heterocycles. The van der Waals surface area contributed by atoms with Gasteiger partial charge >= 0.3 is 0 Å². The van der Waals surface area contributed by atoms with Crippen molar-refractivity contribution in [3.63, 3.8) is 0 Å². The first-order valence-electron chi connectivity index (χ1n) is 3.89. The molecule has 0 amide bonds. The van der Waals surface area contributed by atoms with Crippen LogP contribution < -0.4 is 11.1 Å².